The zero-order valence-corrected chi connectivity index (χ0v) is 21.0. The summed E-state index contributed by atoms with van der Waals surface area (Å²) in [5.41, 5.74) is 2.05. The van der Waals surface area contributed by atoms with E-state index in [-0.39, 0.29) is 0 Å². The van der Waals surface area contributed by atoms with E-state index >= 15 is 0 Å². The Bertz CT molecular complexity index is 1400. The van der Waals surface area contributed by atoms with Gasteiger partial charge in [-0.15, -0.1) is 0 Å². The maximum Gasteiger partial charge on any atom is 0.163 e. The van der Waals surface area contributed by atoms with Crippen molar-refractivity contribution in [2.75, 3.05) is 0 Å². The highest BCUT2D eigenvalue weighted by Gasteiger charge is 2.17. The Morgan fingerprint density at radius 3 is 1.28 bits per heavy atom. The molecule has 0 amide bonds. The van der Waals surface area contributed by atoms with Crippen LogP contribution in [0.3, 0.4) is 0 Å². The number of benzene rings is 2. The Morgan fingerprint density at radius 1 is 0.500 bits per heavy atom. The lowest BCUT2D eigenvalue weighted by Crippen LogP contribution is -1.73. The summed E-state index contributed by atoms with van der Waals surface area (Å²) in [5.74, 6) is 3.12. The van der Waals surface area contributed by atoms with Crippen molar-refractivity contribution >= 4 is 64.2 Å². The molecule has 6 rings (SSSR count). The van der Waals surface area contributed by atoms with Crippen LogP contribution in [0.1, 0.15) is 0 Å². The minimum Gasteiger partial charge on any atom is -0.454 e. The summed E-state index contributed by atoms with van der Waals surface area (Å²) < 4.78 is 14.2. The van der Waals surface area contributed by atoms with Crippen molar-refractivity contribution in [1.82, 2.24) is 9.97 Å². The van der Waals surface area contributed by atoms with Gasteiger partial charge in [0.1, 0.15) is 11.5 Å². The Hall–Kier alpha value is -2.52. The number of furan rings is 2. The summed E-state index contributed by atoms with van der Waals surface area (Å²) in [6.07, 6.45) is 0. The molecule has 0 radical (unpaired) electrons. The average molecular weight is 584 g/mol. The van der Waals surface area contributed by atoms with Crippen LogP contribution >= 0.6 is 54.5 Å². The van der Waals surface area contributed by atoms with Crippen LogP contribution in [0.4, 0.5) is 0 Å². The van der Waals surface area contributed by atoms with Crippen molar-refractivity contribution in [2.45, 2.75) is 0 Å². The number of halogens is 2. The van der Waals surface area contributed by atoms with Crippen LogP contribution in [-0.4, -0.2) is 9.97 Å². The molecule has 32 heavy (non-hydrogen) atoms. The standard InChI is InChI=1S/C24H12Br2N2O2S2/c25-15-5-1-13(2-6-15)17-9-11-19(29-17)21-27-23-24(31-21)28-22(32-23)20-12-10-18(30-20)14-3-7-16(26)8-4-14/h1-12H. The molecule has 0 unspecified atom stereocenters. The summed E-state index contributed by atoms with van der Waals surface area (Å²) in [6, 6.07) is 23.9. The molecular weight excluding hydrogens is 572 g/mol. The van der Waals surface area contributed by atoms with Crippen molar-refractivity contribution in [3.8, 4) is 44.2 Å². The van der Waals surface area contributed by atoms with Crippen molar-refractivity contribution in [3.63, 3.8) is 0 Å². The highest BCUT2D eigenvalue weighted by atomic mass is 79.9. The predicted octanol–water partition coefficient (Wildman–Crippen LogP) is 9.13. The second-order valence-corrected chi connectivity index (χ2v) is 10.8. The van der Waals surface area contributed by atoms with E-state index in [1.807, 2.05) is 72.8 Å². The molecular formula is C24H12Br2N2O2S2. The normalized spacial score (nSPS) is 11.4. The van der Waals surface area contributed by atoms with Crippen molar-refractivity contribution in [3.05, 3.63) is 81.7 Å². The van der Waals surface area contributed by atoms with Gasteiger partial charge in [0.25, 0.3) is 0 Å². The van der Waals surface area contributed by atoms with Crippen LogP contribution in [0.25, 0.3) is 53.8 Å². The van der Waals surface area contributed by atoms with Gasteiger partial charge in [-0.25, -0.2) is 9.97 Å². The molecule has 8 heteroatoms. The molecule has 0 saturated heterocycles. The number of nitrogens with zero attached hydrogens (tertiary/aromatic N) is 2. The minimum absolute atomic E-state index is 0.746. The Morgan fingerprint density at radius 2 is 0.875 bits per heavy atom. The molecule has 4 heterocycles. The van der Waals surface area contributed by atoms with E-state index in [2.05, 4.69) is 31.9 Å². The molecule has 4 aromatic heterocycles. The predicted molar refractivity (Wildman–Crippen MR) is 137 cm³/mol. The maximum absolute atomic E-state index is 6.06. The van der Waals surface area contributed by atoms with Crippen LogP contribution in [0, 0.1) is 0 Å². The average Bonchev–Trinajstić information content (AvgIpc) is 3.56. The highest BCUT2D eigenvalue weighted by molar-refractivity contribution is 9.10. The van der Waals surface area contributed by atoms with Gasteiger partial charge < -0.3 is 8.83 Å². The van der Waals surface area contributed by atoms with E-state index in [1.54, 1.807) is 0 Å². The third-order valence-corrected chi connectivity index (χ3v) is 7.98. The van der Waals surface area contributed by atoms with Gasteiger partial charge in [0.2, 0.25) is 0 Å². The third kappa shape index (κ3) is 3.77. The minimum atomic E-state index is 0.746. The molecule has 0 bridgehead atoms. The lowest BCUT2D eigenvalue weighted by Gasteiger charge is -1.97. The summed E-state index contributed by atoms with van der Waals surface area (Å²) in [4.78, 5) is 11.3. The molecule has 0 aliphatic rings. The van der Waals surface area contributed by atoms with E-state index in [1.165, 1.54) is 22.7 Å². The van der Waals surface area contributed by atoms with Gasteiger partial charge in [-0.05, 0) is 48.5 Å². The van der Waals surface area contributed by atoms with Gasteiger partial charge in [0.15, 0.2) is 31.2 Å². The number of rotatable bonds is 4. The number of thiazole rings is 2. The van der Waals surface area contributed by atoms with Crippen molar-refractivity contribution in [1.29, 1.82) is 0 Å². The second kappa shape index (κ2) is 8.12. The quantitative estimate of drug-likeness (QED) is 0.207. The van der Waals surface area contributed by atoms with Crippen LogP contribution in [-0.2, 0) is 0 Å². The van der Waals surface area contributed by atoms with Gasteiger partial charge in [-0.2, -0.15) is 0 Å². The summed E-state index contributed by atoms with van der Waals surface area (Å²) in [7, 11) is 0. The van der Waals surface area contributed by atoms with Gasteiger partial charge in [-0.3, -0.25) is 0 Å². The van der Waals surface area contributed by atoms with Gasteiger partial charge in [-0.1, -0.05) is 78.8 Å². The first-order valence-corrected chi connectivity index (χ1v) is 12.8. The molecule has 156 valence electrons. The number of hydrogen-bond acceptors (Lipinski definition) is 6. The lowest BCUT2D eigenvalue weighted by atomic mass is 10.2. The fourth-order valence-corrected chi connectivity index (χ4v) is 5.79. The van der Waals surface area contributed by atoms with Gasteiger partial charge in [0.05, 0.1) is 0 Å². The lowest BCUT2D eigenvalue weighted by molar-refractivity contribution is 0.597. The molecule has 2 aromatic carbocycles. The number of aromatic nitrogens is 2. The molecule has 0 aliphatic carbocycles. The van der Waals surface area contributed by atoms with Crippen molar-refractivity contribution in [2.24, 2.45) is 0 Å². The maximum atomic E-state index is 6.06. The first-order chi connectivity index (χ1) is 15.6. The fraction of sp³-hybridized carbons (Fsp3) is 0. The zero-order chi connectivity index (χ0) is 21.7. The first-order valence-electron chi connectivity index (χ1n) is 9.62. The molecule has 0 spiro atoms. The van der Waals surface area contributed by atoms with Crippen LogP contribution in [0.15, 0.2) is 90.6 Å². The SMILES string of the molecule is Brc1ccc(-c2ccc(-c3nc4sc(-c5ccc(-c6ccc(Br)cc6)o5)nc4s3)o2)cc1. The van der Waals surface area contributed by atoms with E-state index in [0.29, 0.717) is 0 Å². The van der Waals surface area contributed by atoms with Crippen LogP contribution in [0.5, 0.6) is 0 Å². The summed E-state index contributed by atoms with van der Waals surface area (Å²) >= 11 is 9.96. The summed E-state index contributed by atoms with van der Waals surface area (Å²) in [6.45, 7) is 0. The smallest absolute Gasteiger partial charge is 0.163 e. The monoisotopic (exact) mass is 582 g/mol. The molecule has 0 aliphatic heterocycles. The van der Waals surface area contributed by atoms with E-state index in [0.717, 1.165) is 62.8 Å². The van der Waals surface area contributed by atoms with Crippen LogP contribution < -0.4 is 0 Å². The molecule has 0 saturated carbocycles. The Balaban J connectivity index is 1.27. The van der Waals surface area contributed by atoms with E-state index in [4.69, 9.17) is 18.8 Å². The topological polar surface area (TPSA) is 52.1 Å². The second-order valence-electron chi connectivity index (χ2n) is 6.99. The molecule has 4 nitrogen and oxygen atoms in total. The van der Waals surface area contributed by atoms with Gasteiger partial charge >= 0.3 is 0 Å². The molecule has 0 N–H and O–H groups in total. The number of fused-ring (bicyclic) bond motifs is 1. The van der Waals surface area contributed by atoms with Gasteiger partial charge in [0, 0.05) is 20.1 Å². The Kier molecular flexibility index (Phi) is 5.10. The zero-order valence-electron chi connectivity index (χ0n) is 16.2. The van der Waals surface area contributed by atoms with E-state index in [9.17, 15) is 0 Å². The fourth-order valence-electron chi connectivity index (χ4n) is 3.30. The molecule has 6 aromatic rings. The Labute approximate surface area is 207 Å². The van der Waals surface area contributed by atoms with Crippen LogP contribution in [0.2, 0.25) is 0 Å². The largest absolute Gasteiger partial charge is 0.454 e. The third-order valence-electron chi connectivity index (χ3n) is 4.87. The summed E-state index contributed by atoms with van der Waals surface area (Å²) in [5, 5.41) is 1.65. The molecule has 0 atom stereocenters. The van der Waals surface area contributed by atoms with E-state index < -0.39 is 0 Å². The highest BCUT2D eigenvalue weighted by Crippen LogP contribution is 2.39. The molecule has 0 fully saturated rings. The number of hydrogen-bond donors (Lipinski definition) is 0. The first kappa shape index (κ1) is 20.1. The van der Waals surface area contributed by atoms with Crippen molar-refractivity contribution < 1.29 is 8.83 Å².